The second kappa shape index (κ2) is 10.3. The number of unbranched alkanes of at least 4 members (excludes halogenated alkanes) is 1. The molecule has 3 heterocycles. The standard InChI is InChI=1S/C28H27N3O3S/c1-19-8-11-22(12-9-19)33-16-6-5-15-31-25-17-21(10-13-26(25)34-20(2)28(31)32)24-18-35-27(30-24)23-7-3-4-14-29-23/h3-4,7-14,17-18,20H,5-6,15-16H2,1-2H3. The summed E-state index contributed by atoms with van der Waals surface area (Å²) in [4.78, 5) is 24.0. The molecule has 4 aromatic rings. The van der Waals surface area contributed by atoms with Gasteiger partial charge in [0.25, 0.3) is 5.91 Å². The number of carbonyl (C=O) groups excluding carboxylic acids is 1. The quantitative estimate of drug-likeness (QED) is 0.280. The molecule has 0 radical (unpaired) electrons. The van der Waals surface area contributed by atoms with Crippen LogP contribution in [-0.4, -0.2) is 35.1 Å². The molecule has 0 saturated heterocycles. The van der Waals surface area contributed by atoms with Crippen molar-refractivity contribution in [2.45, 2.75) is 32.8 Å². The van der Waals surface area contributed by atoms with Gasteiger partial charge < -0.3 is 14.4 Å². The Kier molecular flexibility index (Phi) is 6.77. The molecular weight excluding hydrogens is 458 g/mol. The summed E-state index contributed by atoms with van der Waals surface area (Å²) in [6.45, 7) is 5.07. The molecule has 2 aromatic carbocycles. The second-order valence-electron chi connectivity index (χ2n) is 8.55. The average Bonchev–Trinajstić information content (AvgIpc) is 3.38. The van der Waals surface area contributed by atoms with Crippen LogP contribution in [0, 0.1) is 6.92 Å². The minimum Gasteiger partial charge on any atom is -0.494 e. The van der Waals surface area contributed by atoms with Gasteiger partial charge in [-0.1, -0.05) is 23.8 Å². The molecule has 0 fully saturated rings. The van der Waals surface area contributed by atoms with E-state index in [9.17, 15) is 4.79 Å². The van der Waals surface area contributed by atoms with Gasteiger partial charge in [0, 0.05) is 23.7 Å². The van der Waals surface area contributed by atoms with Crippen LogP contribution in [0.2, 0.25) is 0 Å². The second-order valence-corrected chi connectivity index (χ2v) is 9.41. The number of aryl methyl sites for hydroxylation is 1. The molecule has 178 valence electrons. The SMILES string of the molecule is Cc1ccc(OCCCCN2C(=O)C(C)Oc3ccc(-c4csc(-c5ccccn5)n4)cc32)cc1. The zero-order valence-electron chi connectivity index (χ0n) is 19.8. The molecule has 0 saturated carbocycles. The predicted molar refractivity (Wildman–Crippen MR) is 139 cm³/mol. The predicted octanol–water partition coefficient (Wildman–Crippen LogP) is 6.15. The number of hydrogen-bond acceptors (Lipinski definition) is 6. The molecule has 35 heavy (non-hydrogen) atoms. The van der Waals surface area contributed by atoms with Gasteiger partial charge in [-0.25, -0.2) is 4.98 Å². The molecule has 1 aliphatic rings. The maximum Gasteiger partial charge on any atom is 0.267 e. The number of nitrogens with zero attached hydrogens (tertiary/aromatic N) is 3. The monoisotopic (exact) mass is 485 g/mol. The van der Waals surface area contributed by atoms with Crippen molar-refractivity contribution in [2.75, 3.05) is 18.1 Å². The summed E-state index contributed by atoms with van der Waals surface area (Å²) < 4.78 is 11.7. The molecule has 0 aliphatic carbocycles. The first kappa shape index (κ1) is 23.1. The van der Waals surface area contributed by atoms with Gasteiger partial charge in [0.15, 0.2) is 6.10 Å². The third-order valence-corrected chi connectivity index (χ3v) is 6.78. The molecular formula is C28H27N3O3S. The minimum absolute atomic E-state index is 0.0263. The number of ether oxygens (including phenoxy) is 2. The van der Waals surface area contributed by atoms with E-state index in [-0.39, 0.29) is 5.91 Å². The number of anilines is 1. The van der Waals surface area contributed by atoms with E-state index in [1.807, 2.05) is 70.9 Å². The number of hydrogen-bond donors (Lipinski definition) is 0. The van der Waals surface area contributed by atoms with Crippen LogP contribution in [0.5, 0.6) is 11.5 Å². The van der Waals surface area contributed by atoms with Gasteiger partial charge in [0.2, 0.25) is 0 Å². The van der Waals surface area contributed by atoms with Gasteiger partial charge in [-0.3, -0.25) is 9.78 Å². The maximum absolute atomic E-state index is 13.0. The first-order valence-corrected chi connectivity index (χ1v) is 12.7. The molecule has 0 N–H and O–H groups in total. The number of benzene rings is 2. The van der Waals surface area contributed by atoms with Crippen molar-refractivity contribution in [3.05, 3.63) is 77.8 Å². The summed E-state index contributed by atoms with van der Waals surface area (Å²) in [7, 11) is 0. The van der Waals surface area contributed by atoms with Crippen LogP contribution in [0.25, 0.3) is 22.0 Å². The van der Waals surface area contributed by atoms with Gasteiger partial charge in [-0.05, 0) is 69.2 Å². The third-order valence-electron chi connectivity index (χ3n) is 5.92. The molecule has 1 amide bonds. The van der Waals surface area contributed by atoms with Gasteiger partial charge in [-0.15, -0.1) is 11.3 Å². The van der Waals surface area contributed by atoms with Crippen LogP contribution in [-0.2, 0) is 4.79 Å². The largest absolute Gasteiger partial charge is 0.494 e. The summed E-state index contributed by atoms with van der Waals surface area (Å²) in [6, 6.07) is 19.8. The fraction of sp³-hybridized carbons (Fsp3) is 0.250. The van der Waals surface area contributed by atoms with Crippen LogP contribution in [0.3, 0.4) is 0 Å². The van der Waals surface area contributed by atoms with Gasteiger partial charge in [0.1, 0.15) is 16.5 Å². The molecule has 7 heteroatoms. The lowest BCUT2D eigenvalue weighted by molar-refractivity contribution is -0.125. The lowest BCUT2D eigenvalue weighted by Crippen LogP contribution is -2.45. The zero-order valence-corrected chi connectivity index (χ0v) is 20.6. The number of aromatic nitrogens is 2. The van der Waals surface area contributed by atoms with Crippen molar-refractivity contribution in [1.29, 1.82) is 0 Å². The molecule has 2 aromatic heterocycles. The summed E-state index contributed by atoms with van der Waals surface area (Å²) in [5, 5.41) is 2.89. The van der Waals surface area contributed by atoms with Crippen molar-refractivity contribution in [2.24, 2.45) is 0 Å². The van der Waals surface area contributed by atoms with Crippen LogP contribution in [0.1, 0.15) is 25.3 Å². The molecule has 0 spiro atoms. The fourth-order valence-electron chi connectivity index (χ4n) is 4.01. The Hall–Kier alpha value is -3.71. The Morgan fingerprint density at radius 1 is 1.06 bits per heavy atom. The number of fused-ring (bicyclic) bond motifs is 1. The highest BCUT2D eigenvalue weighted by Crippen LogP contribution is 2.38. The molecule has 0 bridgehead atoms. The minimum atomic E-state index is -0.507. The zero-order chi connectivity index (χ0) is 24.2. The first-order chi connectivity index (χ1) is 17.1. The van der Waals surface area contributed by atoms with E-state index in [2.05, 4.69) is 11.9 Å². The van der Waals surface area contributed by atoms with Crippen molar-refractivity contribution in [3.8, 4) is 33.5 Å². The van der Waals surface area contributed by atoms with Crippen molar-refractivity contribution in [1.82, 2.24) is 9.97 Å². The Morgan fingerprint density at radius 2 is 1.91 bits per heavy atom. The van der Waals surface area contributed by atoms with E-state index in [4.69, 9.17) is 14.5 Å². The summed E-state index contributed by atoms with van der Waals surface area (Å²) in [5.41, 5.74) is 4.65. The number of thiazole rings is 1. The molecule has 6 nitrogen and oxygen atoms in total. The van der Waals surface area contributed by atoms with Crippen LogP contribution in [0.4, 0.5) is 5.69 Å². The van der Waals surface area contributed by atoms with Gasteiger partial charge in [0.05, 0.1) is 23.7 Å². The molecule has 1 unspecified atom stereocenters. The number of pyridine rings is 1. The fourth-order valence-corrected chi connectivity index (χ4v) is 4.81. The van der Waals surface area contributed by atoms with Crippen molar-refractivity contribution >= 4 is 22.9 Å². The number of rotatable bonds is 8. The Bertz CT molecular complexity index is 1300. The highest BCUT2D eigenvalue weighted by Gasteiger charge is 2.31. The van der Waals surface area contributed by atoms with Crippen molar-refractivity contribution in [3.63, 3.8) is 0 Å². The van der Waals surface area contributed by atoms with Crippen LogP contribution < -0.4 is 14.4 Å². The number of amides is 1. The summed E-state index contributed by atoms with van der Waals surface area (Å²) in [5.74, 6) is 1.56. The van der Waals surface area contributed by atoms with E-state index in [0.717, 1.165) is 52.0 Å². The van der Waals surface area contributed by atoms with E-state index >= 15 is 0 Å². The van der Waals surface area contributed by atoms with E-state index in [0.29, 0.717) is 13.2 Å². The Labute approximate surface area is 209 Å². The van der Waals surface area contributed by atoms with E-state index in [1.54, 1.807) is 24.5 Å². The van der Waals surface area contributed by atoms with Crippen LogP contribution in [0.15, 0.2) is 72.2 Å². The first-order valence-electron chi connectivity index (χ1n) is 11.8. The highest BCUT2D eigenvalue weighted by atomic mass is 32.1. The normalized spacial score (nSPS) is 15.0. The molecule has 1 atom stereocenters. The lowest BCUT2D eigenvalue weighted by Gasteiger charge is -2.33. The van der Waals surface area contributed by atoms with Crippen LogP contribution >= 0.6 is 11.3 Å². The summed E-state index contributed by atoms with van der Waals surface area (Å²) in [6.07, 6.45) is 2.94. The Morgan fingerprint density at radius 3 is 2.71 bits per heavy atom. The Balaban J connectivity index is 1.28. The lowest BCUT2D eigenvalue weighted by atomic mass is 10.1. The van der Waals surface area contributed by atoms with E-state index in [1.165, 1.54) is 5.56 Å². The highest BCUT2D eigenvalue weighted by molar-refractivity contribution is 7.13. The third kappa shape index (κ3) is 5.20. The van der Waals surface area contributed by atoms with Crippen molar-refractivity contribution < 1.29 is 14.3 Å². The topological polar surface area (TPSA) is 64.5 Å². The maximum atomic E-state index is 13.0. The number of carbonyl (C=O) groups is 1. The summed E-state index contributed by atoms with van der Waals surface area (Å²) >= 11 is 1.56. The molecule has 5 rings (SSSR count). The average molecular weight is 486 g/mol. The molecule has 1 aliphatic heterocycles. The van der Waals surface area contributed by atoms with Gasteiger partial charge >= 0.3 is 0 Å². The van der Waals surface area contributed by atoms with Gasteiger partial charge in [-0.2, -0.15) is 0 Å². The smallest absolute Gasteiger partial charge is 0.267 e. The van der Waals surface area contributed by atoms with E-state index < -0.39 is 6.10 Å².